The van der Waals surface area contributed by atoms with Gasteiger partial charge in [-0.2, -0.15) is 0 Å². The van der Waals surface area contributed by atoms with Gasteiger partial charge in [0.2, 0.25) is 0 Å². The van der Waals surface area contributed by atoms with E-state index >= 15 is 0 Å². The average Bonchev–Trinajstić information content (AvgIpc) is 2.55. The molecule has 0 saturated heterocycles. The van der Waals surface area contributed by atoms with E-state index in [1.54, 1.807) is 7.11 Å². The Hall–Kier alpha value is -2.00. The number of aryl methyl sites for hydroxylation is 1. The second-order valence-electron chi connectivity index (χ2n) is 4.85. The van der Waals surface area contributed by atoms with E-state index in [9.17, 15) is 0 Å². The molecule has 0 fully saturated rings. The summed E-state index contributed by atoms with van der Waals surface area (Å²) in [7, 11) is 1.68. The number of hydrogen-bond donors (Lipinski definition) is 1. The van der Waals surface area contributed by atoms with Gasteiger partial charge in [-0.25, -0.2) is 0 Å². The zero-order valence-electron chi connectivity index (χ0n) is 12.8. The summed E-state index contributed by atoms with van der Waals surface area (Å²) in [6.45, 7) is 4.40. The molecule has 0 spiro atoms. The zero-order valence-corrected chi connectivity index (χ0v) is 12.8. The van der Waals surface area contributed by atoms with Crippen molar-refractivity contribution in [2.45, 2.75) is 19.9 Å². The SMILES string of the molecule is CCc1ccc(OCCNCc2ccccc2)c(OC)c1. The van der Waals surface area contributed by atoms with Crippen molar-refractivity contribution in [1.82, 2.24) is 5.32 Å². The van der Waals surface area contributed by atoms with Crippen LogP contribution in [-0.4, -0.2) is 20.3 Å². The second-order valence-corrected chi connectivity index (χ2v) is 4.85. The maximum Gasteiger partial charge on any atom is 0.161 e. The maximum absolute atomic E-state index is 5.78. The van der Waals surface area contributed by atoms with Gasteiger partial charge in [-0.05, 0) is 29.7 Å². The molecule has 0 heterocycles. The maximum atomic E-state index is 5.78. The summed E-state index contributed by atoms with van der Waals surface area (Å²) in [5.41, 5.74) is 2.53. The highest BCUT2D eigenvalue weighted by Crippen LogP contribution is 2.28. The van der Waals surface area contributed by atoms with E-state index in [-0.39, 0.29) is 0 Å². The van der Waals surface area contributed by atoms with Crippen LogP contribution in [0.1, 0.15) is 18.1 Å². The third-order valence-electron chi connectivity index (χ3n) is 3.34. The molecule has 2 aromatic carbocycles. The topological polar surface area (TPSA) is 30.5 Å². The molecule has 0 aliphatic carbocycles. The predicted octanol–water partition coefficient (Wildman–Crippen LogP) is 3.43. The van der Waals surface area contributed by atoms with Crippen LogP contribution in [0, 0.1) is 0 Å². The molecule has 0 atom stereocenters. The first kappa shape index (κ1) is 15.4. The molecule has 0 aromatic heterocycles. The minimum absolute atomic E-state index is 0.620. The largest absolute Gasteiger partial charge is 0.493 e. The molecule has 0 bridgehead atoms. The van der Waals surface area contributed by atoms with Gasteiger partial charge in [0.15, 0.2) is 11.5 Å². The minimum atomic E-state index is 0.620. The van der Waals surface area contributed by atoms with E-state index in [2.05, 4.69) is 30.4 Å². The van der Waals surface area contributed by atoms with Crippen molar-refractivity contribution in [3.05, 3.63) is 59.7 Å². The highest BCUT2D eigenvalue weighted by Gasteiger charge is 2.04. The van der Waals surface area contributed by atoms with Crippen molar-refractivity contribution in [2.75, 3.05) is 20.3 Å². The highest BCUT2D eigenvalue weighted by atomic mass is 16.5. The predicted molar refractivity (Wildman–Crippen MR) is 86.0 cm³/mol. The summed E-state index contributed by atoms with van der Waals surface area (Å²) in [6, 6.07) is 16.4. The van der Waals surface area contributed by atoms with Gasteiger partial charge in [0.05, 0.1) is 7.11 Å². The van der Waals surface area contributed by atoms with Gasteiger partial charge in [-0.3, -0.25) is 0 Å². The van der Waals surface area contributed by atoms with Crippen LogP contribution in [0.2, 0.25) is 0 Å². The van der Waals surface area contributed by atoms with Crippen LogP contribution in [-0.2, 0) is 13.0 Å². The Bertz CT molecular complexity index is 540. The van der Waals surface area contributed by atoms with Crippen molar-refractivity contribution in [3.63, 3.8) is 0 Å². The first-order chi connectivity index (χ1) is 10.3. The fraction of sp³-hybridized carbons (Fsp3) is 0.333. The van der Waals surface area contributed by atoms with Gasteiger partial charge in [-0.15, -0.1) is 0 Å². The molecule has 21 heavy (non-hydrogen) atoms. The van der Waals surface area contributed by atoms with Crippen LogP contribution in [0.25, 0.3) is 0 Å². The van der Waals surface area contributed by atoms with Crippen molar-refractivity contribution in [3.8, 4) is 11.5 Å². The molecule has 0 amide bonds. The number of methoxy groups -OCH3 is 1. The molecular formula is C18H23NO2. The van der Waals surface area contributed by atoms with E-state index in [0.29, 0.717) is 6.61 Å². The van der Waals surface area contributed by atoms with Gasteiger partial charge < -0.3 is 14.8 Å². The molecule has 2 rings (SSSR count). The first-order valence-corrected chi connectivity index (χ1v) is 7.38. The third kappa shape index (κ3) is 4.80. The summed E-state index contributed by atoms with van der Waals surface area (Å²) in [4.78, 5) is 0. The zero-order chi connectivity index (χ0) is 14.9. The van der Waals surface area contributed by atoms with Crippen LogP contribution >= 0.6 is 0 Å². The van der Waals surface area contributed by atoms with Gasteiger partial charge in [0.1, 0.15) is 6.61 Å². The first-order valence-electron chi connectivity index (χ1n) is 7.38. The monoisotopic (exact) mass is 285 g/mol. The van der Waals surface area contributed by atoms with Gasteiger partial charge in [-0.1, -0.05) is 43.3 Å². The van der Waals surface area contributed by atoms with Crippen LogP contribution in [0.15, 0.2) is 48.5 Å². The fourth-order valence-electron chi connectivity index (χ4n) is 2.11. The molecule has 3 heteroatoms. The molecule has 0 aliphatic heterocycles. The smallest absolute Gasteiger partial charge is 0.161 e. The third-order valence-corrected chi connectivity index (χ3v) is 3.34. The Balaban J connectivity index is 1.76. The normalized spacial score (nSPS) is 10.4. The van der Waals surface area contributed by atoms with E-state index < -0.39 is 0 Å². The standard InChI is InChI=1S/C18H23NO2/c1-3-15-9-10-17(18(13-15)20-2)21-12-11-19-14-16-7-5-4-6-8-16/h4-10,13,19H,3,11-12,14H2,1-2H3. The Morgan fingerprint density at radius 1 is 0.952 bits per heavy atom. The van der Waals surface area contributed by atoms with Gasteiger partial charge >= 0.3 is 0 Å². The lowest BCUT2D eigenvalue weighted by Crippen LogP contribution is -2.20. The van der Waals surface area contributed by atoms with E-state index in [0.717, 1.165) is 31.0 Å². The fourth-order valence-corrected chi connectivity index (χ4v) is 2.11. The van der Waals surface area contributed by atoms with Crippen LogP contribution in [0.5, 0.6) is 11.5 Å². The Kier molecular flexibility index (Phi) is 6.10. The molecular weight excluding hydrogens is 262 g/mol. The lowest BCUT2D eigenvalue weighted by Gasteiger charge is -2.12. The molecule has 0 saturated carbocycles. The van der Waals surface area contributed by atoms with Crippen LogP contribution < -0.4 is 14.8 Å². The summed E-state index contributed by atoms with van der Waals surface area (Å²) >= 11 is 0. The number of benzene rings is 2. The summed E-state index contributed by atoms with van der Waals surface area (Å²) < 4.78 is 11.1. The minimum Gasteiger partial charge on any atom is -0.493 e. The number of ether oxygens (including phenoxy) is 2. The van der Waals surface area contributed by atoms with Crippen molar-refractivity contribution >= 4 is 0 Å². The summed E-state index contributed by atoms with van der Waals surface area (Å²) in [6.07, 6.45) is 0.995. The summed E-state index contributed by atoms with van der Waals surface area (Å²) in [5.74, 6) is 1.61. The highest BCUT2D eigenvalue weighted by molar-refractivity contribution is 5.42. The molecule has 2 aromatic rings. The Morgan fingerprint density at radius 3 is 2.48 bits per heavy atom. The van der Waals surface area contributed by atoms with E-state index in [1.807, 2.05) is 30.3 Å². The van der Waals surface area contributed by atoms with Crippen LogP contribution in [0.3, 0.4) is 0 Å². The molecule has 0 unspecified atom stereocenters. The average molecular weight is 285 g/mol. The molecule has 1 N–H and O–H groups in total. The second kappa shape index (κ2) is 8.32. The molecule has 112 valence electrons. The van der Waals surface area contributed by atoms with Gasteiger partial charge in [0.25, 0.3) is 0 Å². The Morgan fingerprint density at radius 2 is 1.76 bits per heavy atom. The molecule has 3 nitrogen and oxygen atoms in total. The lowest BCUT2D eigenvalue weighted by atomic mass is 10.1. The lowest BCUT2D eigenvalue weighted by molar-refractivity contribution is 0.292. The van der Waals surface area contributed by atoms with Gasteiger partial charge in [0, 0.05) is 13.1 Å². The van der Waals surface area contributed by atoms with E-state index in [4.69, 9.17) is 9.47 Å². The number of rotatable bonds is 8. The molecule has 0 radical (unpaired) electrons. The van der Waals surface area contributed by atoms with Crippen molar-refractivity contribution in [1.29, 1.82) is 0 Å². The number of nitrogens with one attached hydrogen (secondary N) is 1. The summed E-state index contributed by atoms with van der Waals surface area (Å²) in [5, 5.41) is 3.37. The quantitative estimate of drug-likeness (QED) is 0.754. The van der Waals surface area contributed by atoms with Crippen molar-refractivity contribution < 1.29 is 9.47 Å². The van der Waals surface area contributed by atoms with Crippen molar-refractivity contribution in [2.24, 2.45) is 0 Å². The number of hydrogen-bond acceptors (Lipinski definition) is 3. The van der Waals surface area contributed by atoms with E-state index in [1.165, 1.54) is 11.1 Å². The van der Waals surface area contributed by atoms with Crippen LogP contribution in [0.4, 0.5) is 0 Å². The molecule has 0 aliphatic rings. The Labute approximate surface area is 126 Å².